The highest BCUT2D eigenvalue weighted by Crippen LogP contribution is 2.32. The van der Waals surface area contributed by atoms with Gasteiger partial charge in [0.2, 0.25) is 15.9 Å². The van der Waals surface area contributed by atoms with Gasteiger partial charge in [0.25, 0.3) is 5.91 Å². The number of imide groups is 1. The Hall–Kier alpha value is -4.32. The summed E-state index contributed by atoms with van der Waals surface area (Å²) < 4.78 is 27.9. The summed E-state index contributed by atoms with van der Waals surface area (Å²) in [6, 6.07) is 20.8. The monoisotopic (exact) mass is 576 g/mol. The molecule has 1 aliphatic heterocycles. The van der Waals surface area contributed by atoms with Gasteiger partial charge in [0.1, 0.15) is 5.54 Å². The van der Waals surface area contributed by atoms with Gasteiger partial charge >= 0.3 is 5.91 Å². The summed E-state index contributed by atoms with van der Waals surface area (Å²) in [6.07, 6.45) is 1.62. The Balaban J connectivity index is 1.48. The van der Waals surface area contributed by atoms with Gasteiger partial charge in [-0.3, -0.25) is 24.3 Å². The molecule has 0 saturated carbocycles. The van der Waals surface area contributed by atoms with Gasteiger partial charge in [-0.1, -0.05) is 41.9 Å². The number of piperazine rings is 1. The van der Waals surface area contributed by atoms with Gasteiger partial charge in [-0.2, -0.15) is 4.31 Å². The number of hydrogen-bond donors (Lipinski definition) is 0. The molecule has 2 heterocycles. The van der Waals surface area contributed by atoms with E-state index in [9.17, 15) is 27.7 Å². The fourth-order valence-corrected chi connectivity index (χ4v) is 6.38. The van der Waals surface area contributed by atoms with E-state index < -0.39 is 46.4 Å². The van der Waals surface area contributed by atoms with Crippen molar-refractivity contribution in [1.29, 1.82) is 0 Å². The maximum absolute atomic E-state index is 13.6. The van der Waals surface area contributed by atoms with Crippen molar-refractivity contribution in [3.05, 3.63) is 101 Å². The molecule has 40 heavy (non-hydrogen) atoms. The van der Waals surface area contributed by atoms with Crippen LogP contribution in [0.25, 0.3) is 22.0 Å². The molecule has 1 saturated heterocycles. The summed E-state index contributed by atoms with van der Waals surface area (Å²) in [5.41, 5.74) is -0.739. The van der Waals surface area contributed by atoms with Crippen LogP contribution in [0.15, 0.2) is 95.1 Å². The normalized spacial score (nSPS) is 18.1. The van der Waals surface area contributed by atoms with Gasteiger partial charge in [0.15, 0.2) is 0 Å². The van der Waals surface area contributed by atoms with Gasteiger partial charge in [0, 0.05) is 34.1 Å². The summed E-state index contributed by atoms with van der Waals surface area (Å²) in [7, 11) is -4.32. The maximum atomic E-state index is 13.6. The molecule has 1 atom stereocenters. The van der Waals surface area contributed by atoms with Gasteiger partial charge < -0.3 is 0 Å². The maximum Gasteiger partial charge on any atom is 0.313 e. The Labute approximate surface area is 234 Å². The van der Waals surface area contributed by atoms with Crippen LogP contribution >= 0.6 is 11.6 Å². The molecule has 0 radical (unpaired) electrons. The third-order valence-electron chi connectivity index (χ3n) is 6.79. The molecule has 0 aliphatic carbocycles. The van der Waals surface area contributed by atoms with Crippen LogP contribution in [-0.2, 0) is 19.6 Å². The van der Waals surface area contributed by atoms with Crippen molar-refractivity contribution < 1.29 is 22.8 Å². The smallest absolute Gasteiger partial charge is 0.273 e. The number of rotatable bonds is 5. The highest BCUT2D eigenvalue weighted by atomic mass is 35.5. The number of fused-ring (bicyclic) bond motifs is 1. The van der Waals surface area contributed by atoms with Crippen LogP contribution < -0.4 is 0 Å². The zero-order valence-electron chi connectivity index (χ0n) is 21.0. The number of pyridine rings is 1. The van der Waals surface area contributed by atoms with E-state index in [1.165, 1.54) is 24.3 Å². The van der Waals surface area contributed by atoms with Crippen LogP contribution in [0.3, 0.4) is 0 Å². The number of hydrogen-bond acceptors (Lipinski definition) is 7. The summed E-state index contributed by atoms with van der Waals surface area (Å²) in [6.45, 7) is -0.221. The second-order valence-corrected chi connectivity index (χ2v) is 11.8. The van der Waals surface area contributed by atoms with Crippen molar-refractivity contribution >= 4 is 50.1 Å². The predicted molar refractivity (Wildman–Crippen MR) is 148 cm³/mol. The molecule has 0 N–H and O–H groups in total. The quantitative estimate of drug-likeness (QED) is 0.256. The summed E-state index contributed by atoms with van der Waals surface area (Å²) in [5, 5.41) is 4.24. The van der Waals surface area contributed by atoms with E-state index in [2.05, 4.69) is 10.2 Å². The first-order valence-corrected chi connectivity index (χ1v) is 13.8. The molecule has 3 aromatic carbocycles. The molecule has 1 aromatic heterocycles. The molecule has 1 aliphatic rings. The summed E-state index contributed by atoms with van der Waals surface area (Å²) in [5.74, 6) is -3.19. The molecule has 0 bridgehead atoms. The number of nitroso groups, excluding NO2 is 1. The molecular formula is C28H21ClN4O6S. The van der Waals surface area contributed by atoms with Crippen molar-refractivity contribution in [2.75, 3.05) is 13.1 Å². The predicted octanol–water partition coefficient (Wildman–Crippen LogP) is 4.28. The highest BCUT2D eigenvalue weighted by molar-refractivity contribution is 7.89. The number of halogens is 1. The number of benzene rings is 3. The Morgan fingerprint density at radius 3 is 2.35 bits per heavy atom. The Kier molecular flexibility index (Phi) is 7.05. The van der Waals surface area contributed by atoms with Crippen LogP contribution in [0, 0.1) is 4.91 Å². The third kappa shape index (κ3) is 4.79. The Morgan fingerprint density at radius 1 is 0.975 bits per heavy atom. The number of amides is 3. The average molecular weight is 577 g/mol. The lowest BCUT2D eigenvalue weighted by molar-refractivity contribution is -0.146. The van der Waals surface area contributed by atoms with Crippen LogP contribution in [0.4, 0.5) is 0 Å². The molecule has 0 spiro atoms. The topological polar surface area (TPSA) is 134 Å². The number of nitrogens with zero attached hydrogens (tertiary/aromatic N) is 4. The fourth-order valence-electron chi connectivity index (χ4n) is 4.69. The Bertz CT molecular complexity index is 1780. The summed E-state index contributed by atoms with van der Waals surface area (Å²) in [4.78, 5) is 55.8. The first kappa shape index (κ1) is 27.3. The lowest BCUT2D eigenvalue weighted by Gasteiger charge is -2.44. The number of aromatic nitrogens is 1. The second kappa shape index (κ2) is 10.3. The van der Waals surface area contributed by atoms with E-state index in [-0.39, 0.29) is 10.5 Å². The van der Waals surface area contributed by atoms with Crippen molar-refractivity contribution in [1.82, 2.24) is 14.2 Å². The van der Waals surface area contributed by atoms with Gasteiger partial charge in [-0.25, -0.2) is 8.42 Å². The largest absolute Gasteiger partial charge is 0.313 e. The molecule has 1 fully saturated rings. The fraction of sp³-hybridized carbons (Fsp3) is 0.143. The first-order chi connectivity index (χ1) is 19.0. The van der Waals surface area contributed by atoms with E-state index in [0.29, 0.717) is 32.0 Å². The minimum Gasteiger partial charge on any atom is -0.273 e. The van der Waals surface area contributed by atoms with Gasteiger partial charge in [-0.15, -0.1) is 4.91 Å². The van der Waals surface area contributed by atoms with E-state index in [4.69, 9.17) is 11.6 Å². The SMILES string of the molecule is CC1(C(=O)N=O)CN(S(=O)(=O)c2ccc3cc(Cl)ccc3c2)CC(=O)N1C(=O)c1ccc(-c2ccccn2)cc1. The van der Waals surface area contributed by atoms with Crippen molar-refractivity contribution in [3.8, 4) is 11.3 Å². The van der Waals surface area contributed by atoms with Crippen molar-refractivity contribution in [3.63, 3.8) is 0 Å². The van der Waals surface area contributed by atoms with Crippen molar-refractivity contribution in [2.24, 2.45) is 5.18 Å². The number of carbonyl (C=O) groups is 3. The number of carbonyl (C=O) groups excluding carboxylic acids is 3. The highest BCUT2D eigenvalue weighted by Gasteiger charge is 2.54. The standard InChI is InChI=1S/C28H21ClN4O6S/c1-28(27(36)31-37)17-32(40(38,39)23-12-10-20-14-22(29)11-9-21(20)15-23)16-25(34)33(28)26(35)19-7-5-18(6-8-19)24-4-2-3-13-30-24/h2-15H,16-17H2,1H3. The average Bonchev–Trinajstić information content (AvgIpc) is 2.96. The molecule has 4 aromatic rings. The number of sulfonamides is 1. The van der Waals surface area contributed by atoms with Crippen LogP contribution in [0.2, 0.25) is 5.02 Å². The molecule has 5 rings (SSSR count). The van der Waals surface area contributed by atoms with E-state index >= 15 is 0 Å². The molecule has 1 unspecified atom stereocenters. The van der Waals surface area contributed by atoms with E-state index in [1.807, 2.05) is 6.07 Å². The third-order valence-corrected chi connectivity index (χ3v) is 8.81. The van der Waals surface area contributed by atoms with E-state index in [0.717, 1.165) is 11.2 Å². The lowest BCUT2D eigenvalue weighted by atomic mass is 9.94. The zero-order chi connectivity index (χ0) is 28.7. The minimum atomic E-state index is -4.32. The zero-order valence-corrected chi connectivity index (χ0v) is 22.6. The molecule has 12 heteroatoms. The van der Waals surface area contributed by atoms with Crippen LogP contribution in [0.5, 0.6) is 0 Å². The Morgan fingerprint density at radius 2 is 1.68 bits per heavy atom. The van der Waals surface area contributed by atoms with E-state index in [1.54, 1.807) is 54.7 Å². The first-order valence-electron chi connectivity index (χ1n) is 12.0. The van der Waals surface area contributed by atoms with Gasteiger partial charge in [0.05, 0.1) is 17.1 Å². The minimum absolute atomic E-state index is 0.0578. The molecular weight excluding hydrogens is 556 g/mol. The molecule has 3 amide bonds. The molecule has 202 valence electrons. The lowest BCUT2D eigenvalue weighted by Crippen LogP contribution is -2.68. The van der Waals surface area contributed by atoms with Crippen molar-refractivity contribution in [2.45, 2.75) is 17.4 Å². The van der Waals surface area contributed by atoms with Crippen LogP contribution in [0.1, 0.15) is 17.3 Å². The molecule has 10 nitrogen and oxygen atoms in total. The van der Waals surface area contributed by atoms with Crippen LogP contribution in [-0.4, -0.2) is 59.0 Å². The second-order valence-electron chi connectivity index (χ2n) is 9.42. The summed E-state index contributed by atoms with van der Waals surface area (Å²) >= 11 is 6.01. The van der Waals surface area contributed by atoms with Gasteiger partial charge in [-0.05, 0) is 66.2 Å².